The number of nitrogens with zero attached hydrogens (tertiary/aromatic N) is 1. The van der Waals surface area contributed by atoms with Gasteiger partial charge >= 0.3 is 5.97 Å². The highest BCUT2D eigenvalue weighted by Crippen LogP contribution is 2.26. The first-order chi connectivity index (χ1) is 8.41. The molecule has 0 saturated heterocycles. The van der Waals surface area contributed by atoms with Gasteiger partial charge in [0.05, 0.1) is 23.1 Å². The number of carboxylic acids is 1. The van der Waals surface area contributed by atoms with Crippen LogP contribution in [0.5, 0.6) is 5.75 Å². The lowest BCUT2D eigenvalue weighted by Gasteiger charge is -2.12. The van der Waals surface area contributed by atoms with Gasteiger partial charge in [-0.2, -0.15) is 0 Å². The zero-order valence-corrected chi connectivity index (χ0v) is 11.7. The molecule has 98 valence electrons. The zero-order valence-electron chi connectivity index (χ0n) is 10.1. The van der Waals surface area contributed by atoms with E-state index in [-0.39, 0.29) is 24.5 Å². The van der Waals surface area contributed by atoms with E-state index in [0.717, 1.165) is 0 Å². The first kappa shape index (κ1) is 14.5. The quantitative estimate of drug-likeness (QED) is 0.902. The summed E-state index contributed by atoms with van der Waals surface area (Å²) in [5, 5.41) is 8.85. The number of ether oxygens (including phenoxy) is 1. The summed E-state index contributed by atoms with van der Waals surface area (Å²) in [5.41, 5.74) is 0.145. The average molecular weight is 316 g/mol. The Hall–Kier alpha value is -1.56. The van der Waals surface area contributed by atoms with Gasteiger partial charge in [-0.05, 0) is 34.1 Å². The van der Waals surface area contributed by atoms with E-state index in [2.05, 4.69) is 15.9 Å². The lowest BCUT2D eigenvalue weighted by Crippen LogP contribution is -2.23. The van der Waals surface area contributed by atoms with Gasteiger partial charge in [-0.15, -0.1) is 0 Å². The minimum absolute atomic E-state index is 0.0412. The molecule has 0 fully saturated rings. The molecule has 18 heavy (non-hydrogen) atoms. The van der Waals surface area contributed by atoms with Gasteiger partial charge in [-0.3, -0.25) is 4.79 Å². The fourth-order valence-corrected chi connectivity index (χ4v) is 1.58. The van der Waals surface area contributed by atoms with Gasteiger partial charge in [-0.25, -0.2) is 4.79 Å². The van der Waals surface area contributed by atoms with E-state index < -0.39 is 5.97 Å². The molecule has 0 radical (unpaired) electrons. The van der Waals surface area contributed by atoms with Crippen molar-refractivity contribution in [2.24, 2.45) is 0 Å². The Kier molecular flexibility index (Phi) is 5.15. The normalized spacial score (nSPS) is 9.94. The molecule has 0 aliphatic heterocycles. The minimum atomic E-state index is -1.02. The molecule has 0 heterocycles. The number of hydrogen-bond donors (Lipinski definition) is 1. The molecule has 0 aliphatic carbocycles. The molecule has 0 spiro atoms. The Balaban J connectivity index is 2.64. The first-order valence-electron chi connectivity index (χ1n) is 5.27. The summed E-state index contributed by atoms with van der Waals surface area (Å²) in [6, 6.07) is 4.50. The predicted molar refractivity (Wildman–Crippen MR) is 69.9 cm³/mol. The molecule has 1 aromatic rings. The molecule has 0 aliphatic rings. The largest absolute Gasteiger partial charge is 0.492 e. The van der Waals surface area contributed by atoms with E-state index in [1.165, 1.54) is 17.0 Å². The summed E-state index contributed by atoms with van der Waals surface area (Å²) in [6.07, 6.45) is 0.247. The minimum Gasteiger partial charge on any atom is -0.492 e. The lowest BCUT2D eigenvalue weighted by molar-refractivity contribution is -0.129. The third kappa shape index (κ3) is 4.03. The lowest BCUT2D eigenvalue weighted by atomic mass is 10.2. The van der Waals surface area contributed by atoms with E-state index in [9.17, 15) is 9.59 Å². The Morgan fingerprint density at radius 3 is 2.61 bits per heavy atom. The third-order valence-corrected chi connectivity index (χ3v) is 2.91. The Bertz CT molecular complexity index is 459. The molecular weight excluding hydrogens is 302 g/mol. The number of carbonyl (C=O) groups is 2. The van der Waals surface area contributed by atoms with Gasteiger partial charge < -0.3 is 14.7 Å². The van der Waals surface area contributed by atoms with Crippen LogP contribution in [0.25, 0.3) is 0 Å². The van der Waals surface area contributed by atoms with Crippen molar-refractivity contribution in [2.45, 2.75) is 6.42 Å². The van der Waals surface area contributed by atoms with Crippen LogP contribution in [0.2, 0.25) is 0 Å². The van der Waals surface area contributed by atoms with Gasteiger partial charge in [-0.1, -0.05) is 0 Å². The van der Waals surface area contributed by atoms with Crippen LogP contribution in [0.4, 0.5) is 0 Å². The topological polar surface area (TPSA) is 66.8 Å². The van der Waals surface area contributed by atoms with Crippen LogP contribution in [-0.4, -0.2) is 42.6 Å². The number of rotatable bonds is 5. The van der Waals surface area contributed by atoms with Crippen molar-refractivity contribution in [3.8, 4) is 5.75 Å². The van der Waals surface area contributed by atoms with Gasteiger partial charge in [0, 0.05) is 14.1 Å². The van der Waals surface area contributed by atoms with Gasteiger partial charge in [0.1, 0.15) is 5.75 Å². The van der Waals surface area contributed by atoms with Crippen LogP contribution < -0.4 is 4.74 Å². The number of hydrogen-bond acceptors (Lipinski definition) is 3. The Morgan fingerprint density at radius 2 is 2.06 bits per heavy atom. The second-order valence-electron chi connectivity index (χ2n) is 3.84. The second-order valence-corrected chi connectivity index (χ2v) is 4.69. The molecule has 6 heteroatoms. The van der Waals surface area contributed by atoms with E-state index in [4.69, 9.17) is 9.84 Å². The van der Waals surface area contributed by atoms with Crippen LogP contribution in [0.3, 0.4) is 0 Å². The fraction of sp³-hybridized carbons (Fsp3) is 0.333. The van der Waals surface area contributed by atoms with Crippen molar-refractivity contribution in [3.63, 3.8) is 0 Å². The molecule has 0 unspecified atom stereocenters. The summed E-state index contributed by atoms with van der Waals surface area (Å²) < 4.78 is 6.05. The van der Waals surface area contributed by atoms with Crippen LogP contribution >= 0.6 is 15.9 Å². The number of carboxylic acid groups (broad SMARTS) is 1. The van der Waals surface area contributed by atoms with Gasteiger partial charge in [0.25, 0.3) is 0 Å². The van der Waals surface area contributed by atoms with Crippen molar-refractivity contribution >= 4 is 27.8 Å². The van der Waals surface area contributed by atoms with Gasteiger partial charge in [0.2, 0.25) is 5.91 Å². The Labute approximate surface area is 113 Å². The molecule has 0 saturated carbocycles. The number of aromatic carboxylic acids is 1. The summed E-state index contributed by atoms with van der Waals surface area (Å²) in [4.78, 5) is 23.6. The zero-order chi connectivity index (χ0) is 13.7. The van der Waals surface area contributed by atoms with Crippen LogP contribution in [0.1, 0.15) is 16.8 Å². The third-order valence-electron chi connectivity index (χ3n) is 2.25. The molecule has 1 rings (SSSR count). The Morgan fingerprint density at radius 1 is 1.39 bits per heavy atom. The van der Waals surface area contributed by atoms with Crippen molar-refractivity contribution in [3.05, 3.63) is 28.2 Å². The highest BCUT2D eigenvalue weighted by atomic mass is 79.9. The molecule has 5 nitrogen and oxygen atoms in total. The van der Waals surface area contributed by atoms with Crippen molar-refractivity contribution < 1.29 is 19.4 Å². The highest BCUT2D eigenvalue weighted by molar-refractivity contribution is 9.10. The number of benzene rings is 1. The maximum Gasteiger partial charge on any atom is 0.335 e. The summed E-state index contributed by atoms with van der Waals surface area (Å²) in [5.74, 6) is -0.640. The summed E-state index contributed by atoms with van der Waals surface area (Å²) in [6.45, 7) is 0.207. The van der Waals surface area contributed by atoms with E-state index in [0.29, 0.717) is 10.2 Å². The van der Waals surface area contributed by atoms with Crippen LogP contribution in [0, 0.1) is 0 Å². The maximum absolute atomic E-state index is 11.3. The van der Waals surface area contributed by atoms with Crippen molar-refractivity contribution in [1.29, 1.82) is 0 Å². The molecule has 0 bridgehead atoms. The predicted octanol–water partition coefficient (Wildman–Crippen LogP) is 2.00. The standard InChI is InChI=1S/C12H14BrNO4/c1-14(2)11(15)5-6-18-10-7-8(12(16)17)3-4-9(10)13/h3-4,7H,5-6H2,1-2H3,(H,16,17). The second kappa shape index (κ2) is 6.39. The van der Waals surface area contributed by atoms with Crippen LogP contribution in [-0.2, 0) is 4.79 Å². The van der Waals surface area contributed by atoms with Crippen molar-refractivity contribution in [2.75, 3.05) is 20.7 Å². The van der Waals surface area contributed by atoms with Gasteiger partial charge in [0.15, 0.2) is 0 Å². The highest BCUT2D eigenvalue weighted by Gasteiger charge is 2.09. The molecular formula is C12H14BrNO4. The number of carbonyl (C=O) groups excluding carboxylic acids is 1. The molecule has 1 amide bonds. The smallest absolute Gasteiger partial charge is 0.335 e. The molecule has 0 atom stereocenters. The average Bonchev–Trinajstić information content (AvgIpc) is 2.30. The summed E-state index contributed by atoms with van der Waals surface area (Å²) in [7, 11) is 3.34. The molecule has 1 N–H and O–H groups in total. The summed E-state index contributed by atoms with van der Waals surface area (Å²) >= 11 is 3.26. The van der Waals surface area contributed by atoms with Crippen molar-refractivity contribution in [1.82, 2.24) is 4.90 Å². The molecule has 0 aromatic heterocycles. The van der Waals surface area contributed by atoms with E-state index in [1.54, 1.807) is 20.2 Å². The number of amides is 1. The van der Waals surface area contributed by atoms with Crippen LogP contribution in [0.15, 0.2) is 22.7 Å². The SMILES string of the molecule is CN(C)C(=O)CCOc1cc(C(=O)O)ccc1Br. The van der Waals surface area contributed by atoms with E-state index >= 15 is 0 Å². The number of halogens is 1. The van der Waals surface area contributed by atoms with E-state index in [1.807, 2.05) is 0 Å². The maximum atomic E-state index is 11.3. The monoisotopic (exact) mass is 315 g/mol. The molecule has 1 aromatic carbocycles. The first-order valence-corrected chi connectivity index (χ1v) is 6.07. The fourth-order valence-electron chi connectivity index (χ4n) is 1.22.